The molecule has 0 saturated carbocycles. The van der Waals surface area contributed by atoms with Gasteiger partial charge in [0.05, 0.1) is 22.9 Å². The van der Waals surface area contributed by atoms with Gasteiger partial charge in [0.25, 0.3) is 0 Å². The van der Waals surface area contributed by atoms with E-state index in [1.54, 1.807) is 0 Å². The van der Waals surface area contributed by atoms with Crippen molar-refractivity contribution in [2.45, 2.75) is 44.8 Å². The van der Waals surface area contributed by atoms with Crippen molar-refractivity contribution in [3.63, 3.8) is 0 Å². The van der Waals surface area contributed by atoms with Crippen LogP contribution in [0.1, 0.15) is 38.8 Å². The number of carbonyl (C=O) groups is 2. The number of benzene rings is 1. The van der Waals surface area contributed by atoms with E-state index in [9.17, 15) is 27.9 Å². The van der Waals surface area contributed by atoms with Crippen molar-refractivity contribution >= 4 is 17.6 Å². The Kier molecular flexibility index (Phi) is 5.09. The number of amides is 1. The number of hydrogen-bond acceptors (Lipinski definition) is 3. The van der Waals surface area contributed by atoms with Gasteiger partial charge in [-0.2, -0.15) is 18.3 Å². The molecule has 0 unspecified atom stereocenters. The zero-order chi connectivity index (χ0) is 20.6. The third-order valence-corrected chi connectivity index (χ3v) is 4.42. The van der Waals surface area contributed by atoms with Crippen LogP contribution in [-0.2, 0) is 26.7 Å². The van der Waals surface area contributed by atoms with Crippen LogP contribution in [0.3, 0.4) is 0 Å². The molecule has 0 fully saturated rings. The maximum absolute atomic E-state index is 12.9. The average Bonchev–Trinajstić information content (AvgIpc) is 3.03. The standard InChI is InChI=1S/C18H20F3N3O3/c1-16(2,11-6-5-7-12(8-11)18(19,20)21)14(25)23-13-9-22-24(10-13)17(3,4)15(26)27/h5-10H,1-4H3,(H,23,25)(H,26,27). The molecule has 1 aromatic carbocycles. The van der Waals surface area contributed by atoms with Gasteiger partial charge in [-0.25, -0.2) is 4.79 Å². The molecule has 27 heavy (non-hydrogen) atoms. The van der Waals surface area contributed by atoms with Crippen molar-refractivity contribution in [3.05, 3.63) is 47.8 Å². The molecule has 0 aliphatic carbocycles. The zero-order valence-corrected chi connectivity index (χ0v) is 15.3. The Bertz CT molecular complexity index is 870. The van der Waals surface area contributed by atoms with E-state index in [2.05, 4.69) is 10.4 Å². The smallest absolute Gasteiger partial charge is 0.416 e. The Labute approximate surface area is 154 Å². The molecule has 0 aliphatic rings. The molecule has 1 heterocycles. The van der Waals surface area contributed by atoms with Crippen LogP contribution in [-0.4, -0.2) is 26.8 Å². The normalized spacial score (nSPS) is 12.7. The summed E-state index contributed by atoms with van der Waals surface area (Å²) in [5.41, 5.74) is -2.97. The predicted octanol–water partition coefficient (Wildman–Crippen LogP) is 3.64. The lowest BCUT2D eigenvalue weighted by atomic mass is 9.83. The van der Waals surface area contributed by atoms with Crippen molar-refractivity contribution < 1.29 is 27.9 Å². The highest BCUT2D eigenvalue weighted by Crippen LogP contribution is 2.33. The van der Waals surface area contributed by atoms with E-state index in [4.69, 9.17) is 0 Å². The average molecular weight is 383 g/mol. The number of alkyl halides is 3. The predicted molar refractivity (Wildman–Crippen MR) is 92.3 cm³/mol. The monoisotopic (exact) mass is 383 g/mol. The Balaban J connectivity index is 2.25. The Morgan fingerprint density at radius 3 is 2.26 bits per heavy atom. The number of aliphatic carboxylic acids is 1. The van der Waals surface area contributed by atoms with Gasteiger partial charge in [-0.3, -0.25) is 9.48 Å². The fourth-order valence-electron chi connectivity index (χ4n) is 2.29. The summed E-state index contributed by atoms with van der Waals surface area (Å²) in [6.07, 6.45) is -1.87. The first-order valence-electron chi connectivity index (χ1n) is 8.04. The molecule has 1 aromatic heterocycles. The number of carbonyl (C=O) groups excluding carboxylic acids is 1. The van der Waals surface area contributed by atoms with Crippen molar-refractivity contribution in [3.8, 4) is 0 Å². The van der Waals surface area contributed by atoms with Crippen molar-refractivity contribution in [2.75, 3.05) is 5.32 Å². The summed E-state index contributed by atoms with van der Waals surface area (Å²) in [5, 5.41) is 15.7. The molecule has 2 N–H and O–H groups in total. The van der Waals surface area contributed by atoms with Gasteiger partial charge in [-0.1, -0.05) is 18.2 Å². The van der Waals surface area contributed by atoms with E-state index in [1.165, 1.54) is 56.9 Å². The molecule has 0 atom stereocenters. The number of halogens is 3. The number of nitrogens with one attached hydrogen (secondary N) is 1. The van der Waals surface area contributed by atoms with Crippen molar-refractivity contribution in [1.29, 1.82) is 0 Å². The summed E-state index contributed by atoms with van der Waals surface area (Å²) < 4.78 is 40.0. The van der Waals surface area contributed by atoms with Gasteiger partial charge in [0, 0.05) is 6.20 Å². The van der Waals surface area contributed by atoms with E-state index in [-0.39, 0.29) is 11.3 Å². The first kappa shape index (κ1) is 20.5. The third kappa shape index (κ3) is 4.12. The molecule has 2 aromatic rings. The lowest BCUT2D eigenvalue weighted by Gasteiger charge is -2.25. The van der Waals surface area contributed by atoms with Crippen LogP contribution in [0, 0.1) is 0 Å². The van der Waals surface area contributed by atoms with E-state index in [0.29, 0.717) is 0 Å². The number of carboxylic acids is 1. The van der Waals surface area contributed by atoms with Gasteiger partial charge in [-0.15, -0.1) is 0 Å². The van der Waals surface area contributed by atoms with Crippen LogP contribution >= 0.6 is 0 Å². The Morgan fingerprint density at radius 2 is 1.70 bits per heavy atom. The first-order valence-corrected chi connectivity index (χ1v) is 8.04. The quantitative estimate of drug-likeness (QED) is 0.826. The first-order chi connectivity index (χ1) is 12.3. The molecule has 0 radical (unpaired) electrons. The minimum atomic E-state index is -4.51. The maximum Gasteiger partial charge on any atom is 0.416 e. The summed E-state index contributed by atoms with van der Waals surface area (Å²) >= 11 is 0. The highest BCUT2D eigenvalue weighted by atomic mass is 19.4. The molecule has 0 bridgehead atoms. The van der Waals surface area contributed by atoms with Crippen LogP contribution in [0.25, 0.3) is 0 Å². The minimum absolute atomic E-state index is 0.202. The summed E-state index contributed by atoms with van der Waals surface area (Å²) in [6.45, 7) is 5.90. The van der Waals surface area contributed by atoms with Crippen LogP contribution in [0.4, 0.5) is 18.9 Å². The third-order valence-electron chi connectivity index (χ3n) is 4.42. The summed E-state index contributed by atoms with van der Waals surface area (Å²) in [5.74, 6) is -1.65. The van der Waals surface area contributed by atoms with Gasteiger partial charge >= 0.3 is 12.1 Å². The van der Waals surface area contributed by atoms with Gasteiger partial charge in [0.15, 0.2) is 5.54 Å². The summed E-state index contributed by atoms with van der Waals surface area (Å²) in [4.78, 5) is 23.9. The second-order valence-electron chi connectivity index (χ2n) is 7.20. The molecular formula is C18H20F3N3O3. The van der Waals surface area contributed by atoms with E-state index in [0.717, 1.165) is 12.1 Å². The van der Waals surface area contributed by atoms with E-state index >= 15 is 0 Å². The van der Waals surface area contributed by atoms with Gasteiger partial charge in [0.2, 0.25) is 5.91 Å². The minimum Gasteiger partial charge on any atom is -0.479 e. The molecule has 146 valence electrons. The lowest BCUT2D eigenvalue weighted by molar-refractivity contribution is -0.146. The van der Waals surface area contributed by atoms with Crippen LogP contribution in [0.15, 0.2) is 36.7 Å². The molecule has 1 amide bonds. The van der Waals surface area contributed by atoms with Crippen LogP contribution in [0.5, 0.6) is 0 Å². The molecular weight excluding hydrogens is 363 g/mol. The van der Waals surface area contributed by atoms with Gasteiger partial charge < -0.3 is 10.4 Å². The SMILES string of the molecule is CC(C)(C(=O)Nc1cnn(C(C)(C)C(=O)O)c1)c1cccc(C(F)(F)F)c1. The largest absolute Gasteiger partial charge is 0.479 e. The zero-order valence-electron chi connectivity index (χ0n) is 15.3. The second-order valence-corrected chi connectivity index (χ2v) is 7.20. The Hall–Kier alpha value is -2.84. The molecule has 0 spiro atoms. The molecule has 9 heteroatoms. The fraction of sp³-hybridized carbons (Fsp3) is 0.389. The molecule has 0 aliphatic heterocycles. The van der Waals surface area contributed by atoms with Crippen LogP contribution in [0.2, 0.25) is 0 Å². The highest BCUT2D eigenvalue weighted by Gasteiger charge is 2.35. The number of hydrogen-bond donors (Lipinski definition) is 2. The number of rotatable bonds is 5. The fourth-order valence-corrected chi connectivity index (χ4v) is 2.29. The number of carboxylic acid groups (broad SMARTS) is 1. The lowest BCUT2D eigenvalue weighted by Crippen LogP contribution is -2.36. The highest BCUT2D eigenvalue weighted by molar-refractivity contribution is 5.98. The number of aromatic nitrogens is 2. The molecule has 6 nitrogen and oxygen atoms in total. The van der Waals surface area contributed by atoms with Crippen LogP contribution < -0.4 is 5.32 Å². The molecule has 0 saturated heterocycles. The summed E-state index contributed by atoms with van der Waals surface area (Å²) in [6, 6.07) is 4.58. The topological polar surface area (TPSA) is 84.2 Å². The number of nitrogens with zero attached hydrogens (tertiary/aromatic N) is 2. The summed E-state index contributed by atoms with van der Waals surface area (Å²) in [7, 11) is 0. The van der Waals surface area contributed by atoms with Gasteiger partial charge in [-0.05, 0) is 39.3 Å². The molecule has 2 rings (SSSR count). The van der Waals surface area contributed by atoms with Crippen molar-refractivity contribution in [2.24, 2.45) is 0 Å². The Morgan fingerprint density at radius 1 is 1.11 bits per heavy atom. The van der Waals surface area contributed by atoms with Gasteiger partial charge in [0.1, 0.15) is 0 Å². The second kappa shape index (κ2) is 6.71. The maximum atomic E-state index is 12.9. The van der Waals surface area contributed by atoms with E-state index in [1.807, 2.05) is 0 Å². The van der Waals surface area contributed by atoms with Crippen molar-refractivity contribution in [1.82, 2.24) is 9.78 Å². The van der Waals surface area contributed by atoms with E-state index < -0.39 is 34.6 Å². The number of anilines is 1.